The molecular formula is C12H22N4O. The Morgan fingerprint density at radius 1 is 1.53 bits per heavy atom. The third-order valence-electron chi connectivity index (χ3n) is 3.19. The van der Waals surface area contributed by atoms with E-state index in [0.717, 1.165) is 44.3 Å². The standard InChI is InChI=1S/C12H22N4O/c1-3-4-11-9-16(8-6-13-11)7-5-12-14-10(2)15-17-12/h11,13H,3-9H2,1-2H3. The average molecular weight is 238 g/mol. The lowest BCUT2D eigenvalue weighted by molar-refractivity contribution is 0.190. The highest BCUT2D eigenvalue weighted by Crippen LogP contribution is 2.06. The molecule has 1 saturated heterocycles. The summed E-state index contributed by atoms with van der Waals surface area (Å²) in [5.41, 5.74) is 0. The van der Waals surface area contributed by atoms with Crippen LogP contribution in [-0.4, -0.2) is 47.3 Å². The fourth-order valence-electron chi connectivity index (χ4n) is 2.33. The second kappa shape index (κ2) is 6.12. The van der Waals surface area contributed by atoms with Crippen molar-refractivity contribution in [2.75, 3.05) is 26.2 Å². The molecule has 1 aromatic rings. The molecule has 5 heteroatoms. The summed E-state index contributed by atoms with van der Waals surface area (Å²) in [6.45, 7) is 8.46. The van der Waals surface area contributed by atoms with Crippen LogP contribution in [0.2, 0.25) is 0 Å². The molecule has 0 aromatic carbocycles. The van der Waals surface area contributed by atoms with Crippen molar-refractivity contribution in [2.24, 2.45) is 0 Å². The first kappa shape index (κ1) is 12.5. The van der Waals surface area contributed by atoms with E-state index in [9.17, 15) is 0 Å². The van der Waals surface area contributed by atoms with Crippen molar-refractivity contribution in [3.8, 4) is 0 Å². The van der Waals surface area contributed by atoms with E-state index in [1.54, 1.807) is 0 Å². The second-order valence-corrected chi connectivity index (χ2v) is 4.73. The smallest absolute Gasteiger partial charge is 0.227 e. The Labute approximate surface area is 103 Å². The summed E-state index contributed by atoms with van der Waals surface area (Å²) >= 11 is 0. The average Bonchev–Trinajstić information content (AvgIpc) is 2.74. The van der Waals surface area contributed by atoms with E-state index >= 15 is 0 Å². The molecule has 0 saturated carbocycles. The van der Waals surface area contributed by atoms with E-state index in [4.69, 9.17) is 4.52 Å². The largest absolute Gasteiger partial charge is 0.339 e. The number of nitrogens with one attached hydrogen (secondary N) is 1. The molecular weight excluding hydrogens is 216 g/mol. The van der Waals surface area contributed by atoms with E-state index in [0.29, 0.717) is 6.04 Å². The summed E-state index contributed by atoms with van der Waals surface area (Å²) in [5.74, 6) is 1.48. The van der Waals surface area contributed by atoms with Crippen molar-refractivity contribution < 1.29 is 4.52 Å². The summed E-state index contributed by atoms with van der Waals surface area (Å²) in [6, 6.07) is 0.651. The third-order valence-corrected chi connectivity index (χ3v) is 3.19. The van der Waals surface area contributed by atoms with Gasteiger partial charge in [-0.25, -0.2) is 0 Å². The van der Waals surface area contributed by atoms with Crippen LogP contribution >= 0.6 is 0 Å². The van der Waals surface area contributed by atoms with Gasteiger partial charge >= 0.3 is 0 Å². The molecule has 96 valence electrons. The minimum atomic E-state index is 0.651. The monoisotopic (exact) mass is 238 g/mol. The van der Waals surface area contributed by atoms with Gasteiger partial charge in [0.1, 0.15) is 0 Å². The highest BCUT2D eigenvalue weighted by molar-refractivity contribution is 4.85. The maximum Gasteiger partial charge on any atom is 0.227 e. The Bertz CT molecular complexity index is 337. The molecule has 0 radical (unpaired) electrons. The van der Waals surface area contributed by atoms with E-state index < -0.39 is 0 Å². The van der Waals surface area contributed by atoms with Crippen molar-refractivity contribution in [3.05, 3.63) is 11.7 Å². The Morgan fingerprint density at radius 2 is 2.41 bits per heavy atom. The van der Waals surface area contributed by atoms with Gasteiger partial charge in [0.15, 0.2) is 5.82 Å². The number of nitrogens with zero attached hydrogens (tertiary/aromatic N) is 3. The quantitative estimate of drug-likeness (QED) is 0.829. The number of piperazine rings is 1. The summed E-state index contributed by atoms with van der Waals surface area (Å²) < 4.78 is 5.13. The van der Waals surface area contributed by atoms with Gasteiger partial charge in [0, 0.05) is 38.6 Å². The van der Waals surface area contributed by atoms with E-state index in [2.05, 4.69) is 27.3 Å². The molecule has 0 aliphatic carbocycles. The Morgan fingerprint density at radius 3 is 3.12 bits per heavy atom. The molecule has 5 nitrogen and oxygen atoms in total. The molecule has 17 heavy (non-hydrogen) atoms. The first-order chi connectivity index (χ1) is 8.28. The molecule has 1 aliphatic rings. The molecule has 1 aliphatic heterocycles. The van der Waals surface area contributed by atoms with Gasteiger partial charge in [0.2, 0.25) is 5.89 Å². The Balaban J connectivity index is 1.75. The Hall–Kier alpha value is -0.940. The van der Waals surface area contributed by atoms with Gasteiger partial charge in [-0.15, -0.1) is 0 Å². The minimum absolute atomic E-state index is 0.651. The normalized spacial score (nSPS) is 21.9. The van der Waals surface area contributed by atoms with Crippen molar-refractivity contribution >= 4 is 0 Å². The van der Waals surface area contributed by atoms with Crippen LogP contribution in [0.3, 0.4) is 0 Å². The lowest BCUT2D eigenvalue weighted by atomic mass is 10.1. The first-order valence-corrected chi connectivity index (χ1v) is 6.53. The molecule has 2 heterocycles. The SMILES string of the molecule is CCCC1CN(CCc2nc(C)no2)CCN1. The van der Waals surface area contributed by atoms with Gasteiger partial charge in [-0.05, 0) is 13.3 Å². The summed E-state index contributed by atoms with van der Waals surface area (Å²) in [4.78, 5) is 6.71. The fraction of sp³-hybridized carbons (Fsp3) is 0.833. The van der Waals surface area contributed by atoms with Crippen molar-refractivity contribution in [1.82, 2.24) is 20.4 Å². The fourth-order valence-corrected chi connectivity index (χ4v) is 2.33. The molecule has 0 amide bonds. The zero-order chi connectivity index (χ0) is 12.1. The lowest BCUT2D eigenvalue weighted by Crippen LogP contribution is -2.50. The predicted octanol–water partition coefficient (Wildman–Crippen LogP) is 0.994. The number of hydrogen-bond acceptors (Lipinski definition) is 5. The zero-order valence-corrected chi connectivity index (χ0v) is 10.8. The van der Waals surface area contributed by atoms with Gasteiger partial charge in [-0.3, -0.25) is 0 Å². The van der Waals surface area contributed by atoms with Crippen molar-refractivity contribution in [3.63, 3.8) is 0 Å². The van der Waals surface area contributed by atoms with Crippen LogP contribution in [0, 0.1) is 6.92 Å². The number of hydrogen-bond donors (Lipinski definition) is 1. The van der Waals surface area contributed by atoms with E-state index in [-0.39, 0.29) is 0 Å². The van der Waals surface area contributed by atoms with Crippen LogP contribution < -0.4 is 5.32 Å². The molecule has 2 rings (SSSR count). The summed E-state index contributed by atoms with van der Waals surface area (Å²) in [7, 11) is 0. The zero-order valence-electron chi connectivity index (χ0n) is 10.8. The van der Waals surface area contributed by atoms with Crippen LogP contribution in [-0.2, 0) is 6.42 Å². The summed E-state index contributed by atoms with van der Waals surface area (Å²) in [6.07, 6.45) is 3.37. The van der Waals surface area contributed by atoms with Crippen LogP contribution in [0.25, 0.3) is 0 Å². The van der Waals surface area contributed by atoms with Gasteiger partial charge in [-0.1, -0.05) is 18.5 Å². The Kier molecular flexibility index (Phi) is 4.50. The summed E-state index contributed by atoms with van der Waals surface area (Å²) in [5, 5.41) is 7.37. The molecule has 1 N–H and O–H groups in total. The van der Waals surface area contributed by atoms with Gasteiger partial charge in [-0.2, -0.15) is 4.98 Å². The molecule has 0 bridgehead atoms. The van der Waals surface area contributed by atoms with Crippen LogP contribution in [0.5, 0.6) is 0 Å². The van der Waals surface area contributed by atoms with Gasteiger partial charge in [0.25, 0.3) is 0 Å². The lowest BCUT2D eigenvalue weighted by Gasteiger charge is -2.33. The number of aromatic nitrogens is 2. The number of rotatable bonds is 5. The molecule has 1 unspecified atom stereocenters. The highest BCUT2D eigenvalue weighted by atomic mass is 16.5. The molecule has 1 atom stereocenters. The minimum Gasteiger partial charge on any atom is -0.339 e. The van der Waals surface area contributed by atoms with Crippen molar-refractivity contribution in [1.29, 1.82) is 0 Å². The van der Waals surface area contributed by atoms with Crippen LogP contribution in [0.4, 0.5) is 0 Å². The molecule has 1 fully saturated rings. The maximum atomic E-state index is 5.13. The van der Waals surface area contributed by atoms with E-state index in [1.807, 2.05) is 6.92 Å². The van der Waals surface area contributed by atoms with Crippen LogP contribution in [0.1, 0.15) is 31.5 Å². The maximum absolute atomic E-state index is 5.13. The third kappa shape index (κ3) is 3.78. The number of aryl methyl sites for hydroxylation is 1. The predicted molar refractivity (Wildman–Crippen MR) is 65.9 cm³/mol. The molecule has 1 aromatic heterocycles. The second-order valence-electron chi connectivity index (χ2n) is 4.73. The molecule has 0 spiro atoms. The van der Waals surface area contributed by atoms with Gasteiger partial charge in [0.05, 0.1) is 0 Å². The van der Waals surface area contributed by atoms with Crippen LogP contribution in [0.15, 0.2) is 4.52 Å². The van der Waals surface area contributed by atoms with Crippen molar-refractivity contribution in [2.45, 2.75) is 39.2 Å². The van der Waals surface area contributed by atoms with E-state index in [1.165, 1.54) is 12.8 Å². The van der Waals surface area contributed by atoms with Gasteiger partial charge < -0.3 is 14.7 Å². The topological polar surface area (TPSA) is 54.2 Å². The highest BCUT2D eigenvalue weighted by Gasteiger charge is 2.18. The first-order valence-electron chi connectivity index (χ1n) is 6.53.